The summed E-state index contributed by atoms with van der Waals surface area (Å²) in [7, 11) is 0. The maximum absolute atomic E-state index is 11.6. The number of carboxylic acid groups (broad SMARTS) is 1. The maximum Gasteiger partial charge on any atom is 0.320 e. The van der Waals surface area contributed by atoms with Crippen molar-refractivity contribution in [2.75, 3.05) is 6.26 Å². The van der Waals surface area contributed by atoms with E-state index in [4.69, 9.17) is 0 Å². The molecule has 0 amide bonds. The van der Waals surface area contributed by atoms with Crippen LogP contribution in [-0.4, -0.2) is 34.5 Å². The van der Waals surface area contributed by atoms with E-state index in [0.717, 1.165) is 16.2 Å². The lowest BCUT2D eigenvalue weighted by Crippen LogP contribution is -2.60. The molecule has 0 aromatic heterocycles. The summed E-state index contributed by atoms with van der Waals surface area (Å²) in [4.78, 5) is 11.6. The Morgan fingerprint density at radius 1 is 1.46 bits per heavy atom. The van der Waals surface area contributed by atoms with Crippen LogP contribution in [0.5, 0.6) is 0 Å². The molecule has 3 rings (SSSR count). The van der Waals surface area contributed by atoms with Crippen molar-refractivity contribution < 1.29 is 9.90 Å². The summed E-state index contributed by atoms with van der Waals surface area (Å²) in [5.74, 6) is -0.890. The number of thioether (sulfide) groups is 1. The number of aryl methyl sites for hydroxylation is 2. The molecule has 2 aliphatic heterocycles. The summed E-state index contributed by atoms with van der Waals surface area (Å²) in [6, 6.07) is 7.61. The molecule has 3 unspecified atom stereocenters. The minimum Gasteiger partial charge on any atom is -0.480 e. The molecule has 1 saturated heterocycles. The number of nitrogens with zero attached hydrogens (tertiary/aromatic N) is 2. The molecule has 24 heavy (non-hydrogen) atoms. The molecule has 2 heterocycles. The lowest BCUT2D eigenvalue weighted by molar-refractivity contribution is -0.142. The van der Waals surface area contributed by atoms with Gasteiger partial charge in [-0.05, 0) is 37.7 Å². The zero-order valence-corrected chi connectivity index (χ0v) is 14.6. The highest BCUT2D eigenvalue weighted by atomic mass is 32.2. The van der Waals surface area contributed by atoms with Gasteiger partial charge in [-0.15, -0.1) is 11.8 Å². The van der Waals surface area contributed by atoms with Gasteiger partial charge in [0.25, 0.3) is 0 Å². The molecule has 0 aliphatic carbocycles. The number of carbonyl (C=O) groups is 1. The first-order chi connectivity index (χ1) is 11.5. The highest BCUT2D eigenvalue weighted by Crippen LogP contribution is 2.38. The molecule has 1 fully saturated rings. The number of hydrazine groups is 1. The Bertz CT molecular complexity index is 755. The number of benzene rings is 1. The lowest BCUT2D eigenvalue weighted by atomic mass is 9.91. The molecular formula is C17H20N4O2S. The third-order valence-corrected chi connectivity index (χ3v) is 5.31. The highest BCUT2D eigenvalue weighted by Gasteiger charge is 2.45. The minimum atomic E-state index is -0.890. The zero-order valence-electron chi connectivity index (χ0n) is 13.8. The van der Waals surface area contributed by atoms with Crippen molar-refractivity contribution in [3.8, 4) is 6.07 Å². The molecule has 7 heteroatoms. The summed E-state index contributed by atoms with van der Waals surface area (Å²) in [6.45, 7) is 4.08. The van der Waals surface area contributed by atoms with Gasteiger partial charge in [-0.2, -0.15) is 10.3 Å². The molecule has 2 aliphatic rings. The Balaban J connectivity index is 2.03. The van der Waals surface area contributed by atoms with Gasteiger partial charge in [0, 0.05) is 0 Å². The van der Waals surface area contributed by atoms with Crippen LogP contribution in [0.1, 0.15) is 29.2 Å². The Labute approximate surface area is 145 Å². The second kappa shape index (κ2) is 6.48. The normalized spacial score (nSPS) is 26.7. The summed E-state index contributed by atoms with van der Waals surface area (Å²) in [6.07, 6.45) is 1.90. The highest BCUT2D eigenvalue weighted by molar-refractivity contribution is 8.02. The van der Waals surface area contributed by atoms with Crippen LogP contribution in [0, 0.1) is 25.2 Å². The van der Waals surface area contributed by atoms with Crippen LogP contribution in [-0.2, 0) is 4.79 Å². The van der Waals surface area contributed by atoms with Crippen LogP contribution in [0.15, 0.2) is 28.8 Å². The fraction of sp³-hybridized carbons (Fsp3) is 0.412. The van der Waals surface area contributed by atoms with Gasteiger partial charge >= 0.3 is 5.97 Å². The van der Waals surface area contributed by atoms with Crippen LogP contribution < -0.4 is 10.7 Å². The molecule has 3 atom stereocenters. The van der Waals surface area contributed by atoms with Gasteiger partial charge in [0.15, 0.2) is 0 Å². The molecule has 1 aromatic rings. The number of hydrogen-bond acceptors (Lipinski definition) is 6. The fourth-order valence-corrected chi connectivity index (χ4v) is 4.01. The second-order valence-corrected chi connectivity index (χ2v) is 6.97. The molecule has 3 N–H and O–H groups in total. The van der Waals surface area contributed by atoms with Gasteiger partial charge in [-0.25, -0.2) is 0 Å². The van der Waals surface area contributed by atoms with Gasteiger partial charge < -0.3 is 10.5 Å². The quantitative estimate of drug-likeness (QED) is 0.773. The number of nitrogens with one attached hydrogen (secondary N) is 2. The third-order valence-electron chi connectivity index (χ3n) is 4.59. The first-order valence-electron chi connectivity index (χ1n) is 7.75. The van der Waals surface area contributed by atoms with Crippen molar-refractivity contribution >= 4 is 17.7 Å². The van der Waals surface area contributed by atoms with E-state index in [-0.39, 0.29) is 6.04 Å². The first-order valence-corrected chi connectivity index (χ1v) is 8.98. The fourth-order valence-electron chi connectivity index (χ4n) is 3.44. The van der Waals surface area contributed by atoms with Gasteiger partial charge in [0.2, 0.25) is 0 Å². The predicted molar refractivity (Wildman–Crippen MR) is 92.8 cm³/mol. The molecule has 0 spiro atoms. The molecule has 0 radical (unpaired) electrons. The lowest BCUT2D eigenvalue weighted by Gasteiger charge is -2.41. The number of carboxylic acids is 1. The van der Waals surface area contributed by atoms with Crippen molar-refractivity contribution in [3.05, 3.63) is 45.5 Å². The topological polar surface area (TPSA) is 88.4 Å². The molecule has 0 bridgehead atoms. The standard InChI is InChI=1S/C17H20N4O2S/c1-9-4-5-11(10(2)6-9)14-7-13(17(22)23)19-15-12(8-18)16(24-3)20-21(14)15/h4-6,13-15,19-20H,7H2,1-3H3,(H,22,23). The Hall–Kier alpha value is -2.01. The van der Waals surface area contributed by atoms with E-state index in [1.165, 1.54) is 17.3 Å². The summed E-state index contributed by atoms with van der Waals surface area (Å²) >= 11 is 1.46. The van der Waals surface area contributed by atoms with Crippen molar-refractivity contribution in [3.63, 3.8) is 0 Å². The van der Waals surface area contributed by atoms with Crippen LogP contribution in [0.4, 0.5) is 0 Å². The van der Waals surface area contributed by atoms with E-state index in [1.807, 2.05) is 31.2 Å². The summed E-state index contributed by atoms with van der Waals surface area (Å²) in [5, 5.41) is 24.8. The van der Waals surface area contributed by atoms with Crippen molar-refractivity contribution in [2.24, 2.45) is 0 Å². The Kier molecular flexibility index (Phi) is 4.54. The van der Waals surface area contributed by atoms with Crippen molar-refractivity contribution in [1.29, 1.82) is 5.26 Å². The van der Waals surface area contributed by atoms with E-state index in [2.05, 4.69) is 28.9 Å². The van der Waals surface area contributed by atoms with Gasteiger partial charge in [-0.3, -0.25) is 10.1 Å². The largest absolute Gasteiger partial charge is 0.480 e. The van der Waals surface area contributed by atoms with E-state index in [9.17, 15) is 15.2 Å². The average molecular weight is 344 g/mol. The minimum absolute atomic E-state index is 0.119. The smallest absolute Gasteiger partial charge is 0.320 e. The number of rotatable bonds is 3. The van der Waals surface area contributed by atoms with E-state index < -0.39 is 18.2 Å². The van der Waals surface area contributed by atoms with Crippen LogP contribution >= 0.6 is 11.8 Å². The molecule has 1 aromatic carbocycles. The van der Waals surface area contributed by atoms with E-state index in [1.54, 1.807) is 0 Å². The van der Waals surface area contributed by atoms with Crippen LogP contribution in [0.25, 0.3) is 0 Å². The van der Waals surface area contributed by atoms with Gasteiger partial charge in [0.1, 0.15) is 18.3 Å². The third kappa shape index (κ3) is 2.77. The average Bonchev–Trinajstić information content (AvgIpc) is 2.91. The molecule has 126 valence electrons. The second-order valence-electron chi connectivity index (χ2n) is 6.15. The number of hydrogen-bond donors (Lipinski definition) is 3. The van der Waals surface area contributed by atoms with E-state index in [0.29, 0.717) is 12.0 Å². The van der Waals surface area contributed by atoms with Crippen LogP contribution in [0.2, 0.25) is 0 Å². The van der Waals surface area contributed by atoms with Gasteiger partial charge in [0.05, 0.1) is 16.6 Å². The summed E-state index contributed by atoms with van der Waals surface area (Å²) in [5.41, 5.74) is 7.22. The number of fused-ring (bicyclic) bond motifs is 1. The SMILES string of the molecule is CSC1=C(C#N)C2NC(C(=O)O)CC(c3ccc(C)cc3C)N2N1. The zero-order chi connectivity index (χ0) is 17.4. The molecular weight excluding hydrogens is 324 g/mol. The van der Waals surface area contributed by atoms with Gasteiger partial charge in [-0.1, -0.05) is 23.8 Å². The summed E-state index contributed by atoms with van der Waals surface area (Å²) < 4.78 is 0. The maximum atomic E-state index is 11.6. The van der Waals surface area contributed by atoms with E-state index >= 15 is 0 Å². The molecule has 0 saturated carbocycles. The Morgan fingerprint density at radius 2 is 2.21 bits per heavy atom. The predicted octanol–water partition coefficient (Wildman–Crippen LogP) is 2.04. The molecule has 6 nitrogen and oxygen atoms in total. The number of aliphatic carboxylic acids is 1. The van der Waals surface area contributed by atoms with Crippen molar-refractivity contribution in [1.82, 2.24) is 15.8 Å². The number of nitriles is 1. The Morgan fingerprint density at radius 3 is 2.79 bits per heavy atom. The first kappa shape index (κ1) is 16.8. The van der Waals surface area contributed by atoms with Crippen molar-refractivity contribution in [2.45, 2.75) is 38.5 Å². The monoisotopic (exact) mass is 344 g/mol. The van der Waals surface area contributed by atoms with Crippen LogP contribution in [0.3, 0.4) is 0 Å².